The maximum Gasteiger partial charge on any atom is 0.507 e. The molecule has 114 valence electrons. The van der Waals surface area contributed by atoms with Crippen molar-refractivity contribution in [1.29, 1.82) is 5.41 Å². The Morgan fingerprint density at radius 2 is 1.50 bits per heavy atom. The normalized spacial score (nSPS) is 8.15. The Bertz CT molecular complexity index is 305. The summed E-state index contributed by atoms with van der Waals surface area (Å²) in [5, 5.41) is 6.90. The van der Waals surface area contributed by atoms with Gasteiger partial charge >= 0.3 is 6.16 Å². The van der Waals surface area contributed by atoms with Gasteiger partial charge in [-0.3, -0.25) is 5.41 Å². The summed E-state index contributed by atoms with van der Waals surface area (Å²) in [6, 6.07) is 12.0. The molecule has 1 aromatic rings. The lowest BCUT2D eigenvalue weighted by Gasteiger charge is -2.01. The Balaban J connectivity index is 0. The molecule has 0 heterocycles. The SMILES string of the molecule is CN.COC(=O)OCCCCC(=N)N.c1ccccc1. The maximum absolute atomic E-state index is 10.4. The third kappa shape index (κ3) is 18.3. The van der Waals surface area contributed by atoms with Gasteiger partial charge in [-0.1, -0.05) is 36.4 Å². The van der Waals surface area contributed by atoms with Crippen LogP contribution in [0.25, 0.3) is 0 Å². The lowest BCUT2D eigenvalue weighted by molar-refractivity contribution is 0.0716. The monoisotopic (exact) mass is 283 g/mol. The number of hydrogen-bond donors (Lipinski definition) is 3. The second kappa shape index (κ2) is 16.9. The topological polar surface area (TPSA) is 111 Å². The fourth-order valence-corrected chi connectivity index (χ4v) is 1.02. The summed E-state index contributed by atoms with van der Waals surface area (Å²) >= 11 is 0. The van der Waals surface area contributed by atoms with Crippen LogP contribution in [0.3, 0.4) is 0 Å². The fourth-order valence-electron chi connectivity index (χ4n) is 1.02. The Labute approximate surface area is 120 Å². The van der Waals surface area contributed by atoms with E-state index >= 15 is 0 Å². The number of methoxy groups -OCH3 is 1. The van der Waals surface area contributed by atoms with E-state index in [9.17, 15) is 4.79 Å². The first-order valence-electron chi connectivity index (χ1n) is 6.28. The average Bonchev–Trinajstić information content (AvgIpc) is 2.50. The molecule has 0 amide bonds. The first kappa shape index (κ1) is 20.2. The van der Waals surface area contributed by atoms with Crippen LogP contribution in [0.2, 0.25) is 0 Å². The Hall–Kier alpha value is -2.08. The number of unbranched alkanes of at least 4 members (excludes halogenated alkanes) is 1. The molecule has 0 radical (unpaired) electrons. The second-order valence-electron chi connectivity index (χ2n) is 3.44. The van der Waals surface area contributed by atoms with Crippen LogP contribution in [-0.4, -0.2) is 32.8 Å². The largest absolute Gasteiger partial charge is 0.507 e. The number of benzene rings is 1. The number of nitrogens with one attached hydrogen (secondary N) is 1. The van der Waals surface area contributed by atoms with Crippen LogP contribution in [0.1, 0.15) is 19.3 Å². The van der Waals surface area contributed by atoms with Crippen molar-refractivity contribution in [3.05, 3.63) is 36.4 Å². The molecule has 0 saturated heterocycles. The molecule has 0 saturated carbocycles. The maximum atomic E-state index is 10.4. The van der Waals surface area contributed by atoms with E-state index in [1.165, 1.54) is 14.2 Å². The molecule has 6 nitrogen and oxygen atoms in total. The van der Waals surface area contributed by atoms with Crippen LogP contribution in [0.5, 0.6) is 0 Å². The summed E-state index contributed by atoms with van der Waals surface area (Å²) < 4.78 is 8.85. The predicted molar refractivity (Wildman–Crippen MR) is 80.7 cm³/mol. The molecule has 5 N–H and O–H groups in total. The van der Waals surface area contributed by atoms with Crippen LogP contribution in [0.15, 0.2) is 36.4 Å². The highest BCUT2D eigenvalue weighted by Crippen LogP contribution is 1.95. The van der Waals surface area contributed by atoms with Gasteiger partial charge < -0.3 is 20.9 Å². The number of amidine groups is 1. The molecule has 0 spiro atoms. The van der Waals surface area contributed by atoms with Crippen LogP contribution < -0.4 is 11.5 Å². The molecule has 6 heteroatoms. The third-order valence-corrected chi connectivity index (χ3v) is 1.89. The summed E-state index contributed by atoms with van der Waals surface area (Å²) in [5.41, 5.74) is 9.61. The van der Waals surface area contributed by atoms with Crippen molar-refractivity contribution < 1.29 is 14.3 Å². The van der Waals surface area contributed by atoms with Gasteiger partial charge in [-0.15, -0.1) is 0 Å². The van der Waals surface area contributed by atoms with Crippen LogP contribution in [-0.2, 0) is 9.47 Å². The van der Waals surface area contributed by atoms with Crippen LogP contribution >= 0.6 is 0 Å². The number of carbonyl (C=O) groups excluding carboxylic acids is 1. The summed E-state index contributed by atoms with van der Waals surface area (Å²) in [4.78, 5) is 10.4. The van der Waals surface area contributed by atoms with Crippen molar-refractivity contribution in [1.82, 2.24) is 0 Å². The van der Waals surface area contributed by atoms with Crippen molar-refractivity contribution in [2.75, 3.05) is 20.8 Å². The van der Waals surface area contributed by atoms with Gasteiger partial charge in [-0.05, 0) is 19.9 Å². The number of nitrogens with two attached hydrogens (primary N) is 2. The number of rotatable bonds is 5. The molecular weight excluding hydrogens is 258 g/mol. The zero-order chi connectivity index (χ0) is 15.6. The van der Waals surface area contributed by atoms with E-state index in [1.807, 2.05) is 36.4 Å². The molecule has 0 bridgehead atoms. The molecular formula is C14H25N3O3. The van der Waals surface area contributed by atoms with E-state index in [0.717, 1.165) is 6.42 Å². The number of hydrogen-bond acceptors (Lipinski definition) is 5. The molecule has 0 aliphatic rings. The first-order chi connectivity index (χ1) is 9.66. The minimum absolute atomic E-state index is 0.160. The van der Waals surface area contributed by atoms with Gasteiger partial charge in [-0.25, -0.2) is 4.79 Å². The standard InChI is InChI=1S/C7H14N2O3.C6H6.CH5N/c1-11-7(10)12-5-3-2-4-6(8)9;1-2-4-6-5-3-1;1-2/h2-5H2,1H3,(H3,8,9);1-6H;2H2,1H3. The molecule has 0 atom stereocenters. The lowest BCUT2D eigenvalue weighted by atomic mass is 10.2. The molecule has 0 aromatic heterocycles. The van der Waals surface area contributed by atoms with Crippen molar-refractivity contribution in [2.24, 2.45) is 11.5 Å². The number of ether oxygens (including phenoxy) is 2. The zero-order valence-corrected chi connectivity index (χ0v) is 12.2. The highest BCUT2D eigenvalue weighted by molar-refractivity contribution is 5.76. The minimum atomic E-state index is -0.669. The number of carbonyl (C=O) groups is 1. The Morgan fingerprint density at radius 3 is 1.85 bits per heavy atom. The van der Waals surface area contributed by atoms with E-state index in [4.69, 9.17) is 11.1 Å². The summed E-state index contributed by atoms with van der Waals surface area (Å²) in [6.45, 7) is 0.319. The summed E-state index contributed by atoms with van der Waals surface area (Å²) in [6.07, 6.45) is 1.34. The highest BCUT2D eigenvalue weighted by atomic mass is 16.7. The molecule has 0 unspecified atom stereocenters. The highest BCUT2D eigenvalue weighted by Gasteiger charge is 1.98. The average molecular weight is 283 g/mol. The fraction of sp³-hybridized carbons (Fsp3) is 0.429. The molecule has 0 aliphatic heterocycles. The van der Waals surface area contributed by atoms with Crippen molar-refractivity contribution in [3.63, 3.8) is 0 Å². The van der Waals surface area contributed by atoms with Crippen LogP contribution in [0, 0.1) is 5.41 Å². The summed E-state index contributed by atoms with van der Waals surface area (Å²) in [5.74, 6) is 0.160. The first-order valence-corrected chi connectivity index (χ1v) is 6.28. The van der Waals surface area contributed by atoms with E-state index < -0.39 is 6.16 Å². The predicted octanol–water partition coefficient (Wildman–Crippen LogP) is 2.14. The van der Waals surface area contributed by atoms with Gasteiger partial charge in [0.1, 0.15) is 0 Å². The summed E-state index contributed by atoms with van der Waals surface area (Å²) in [7, 11) is 2.76. The lowest BCUT2D eigenvalue weighted by Crippen LogP contribution is -2.10. The van der Waals surface area contributed by atoms with Gasteiger partial charge in [0.15, 0.2) is 0 Å². The quantitative estimate of drug-likeness (QED) is 0.332. The van der Waals surface area contributed by atoms with Crippen molar-refractivity contribution in [3.8, 4) is 0 Å². The minimum Gasteiger partial charge on any atom is -0.438 e. The van der Waals surface area contributed by atoms with E-state index in [0.29, 0.717) is 19.4 Å². The van der Waals surface area contributed by atoms with Gasteiger partial charge in [0.25, 0.3) is 0 Å². The van der Waals surface area contributed by atoms with E-state index in [2.05, 4.69) is 15.2 Å². The third-order valence-electron chi connectivity index (χ3n) is 1.89. The Morgan fingerprint density at radius 1 is 1.05 bits per heavy atom. The molecule has 1 rings (SSSR count). The van der Waals surface area contributed by atoms with Gasteiger partial charge in [0, 0.05) is 6.42 Å². The van der Waals surface area contributed by atoms with Gasteiger partial charge in [0.2, 0.25) is 0 Å². The molecule has 1 aromatic carbocycles. The smallest absolute Gasteiger partial charge is 0.438 e. The Kier molecular flexibility index (Phi) is 17.1. The molecule has 20 heavy (non-hydrogen) atoms. The van der Waals surface area contributed by atoms with Crippen LogP contribution in [0.4, 0.5) is 4.79 Å². The van der Waals surface area contributed by atoms with E-state index in [1.54, 1.807) is 0 Å². The van der Waals surface area contributed by atoms with Crippen molar-refractivity contribution >= 4 is 12.0 Å². The molecule has 0 aliphatic carbocycles. The zero-order valence-electron chi connectivity index (χ0n) is 12.2. The second-order valence-corrected chi connectivity index (χ2v) is 3.44. The van der Waals surface area contributed by atoms with Gasteiger partial charge in [-0.2, -0.15) is 0 Å². The van der Waals surface area contributed by atoms with E-state index in [-0.39, 0.29) is 5.84 Å². The van der Waals surface area contributed by atoms with Gasteiger partial charge in [0.05, 0.1) is 19.6 Å². The molecule has 0 fully saturated rings. The van der Waals surface area contributed by atoms with Crippen molar-refractivity contribution in [2.45, 2.75) is 19.3 Å².